The number of carbonyl (C=O) groups is 1. The van der Waals surface area contributed by atoms with Gasteiger partial charge in [0.15, 0.2) is 11.5 Å². The summed E-state index contributed by atoms with van der Waals surface area (Å²) >= 11 is 0. The first-order chi connectivity index (χ1) is 13.1. The molecule has 4 nitrogen and oxygen atoms in total. The molecule has 0 spiro atoms. The van der Waals surface area contributed by atoms with Crippen LogP contribution in [-0.4, -0.2) is 30.1 Å². The molecule has 0 bridgehead atoms. The van der Waals surface area contributed by atoms with Crippen LogP contribution >= 0.6 is 0 Å². The van der Waals surface area contributed by atoms with Gasteiger partial charge < -0.3 is 14.4 Å². The van der Waals surface area contributed by atoms with E-state index in [-0.39, 0.29) is 24.3 Å². The van der Waals surface area contributed by atoms with Crippen LogP contribution in [0.3, 0.4) is 0 Å². The third-order valence-corrected chi connectivity index (χ3v) is 4.50. The van der Waals surface area contributed by atoms with Gasteiger partial charge in [-0.15, -0.1) is 0 Å². The van der Waals surface area contributed by atoms with E-state index in [0.29, 0.717) is 35.8 Å². The van der Waals surface area contributed by atoms with Gasteiger partial charge in [0, 0.05) is 23.7 Å². The highest BCUT2D eigenvalue weighted by molar-refractivity contribution is 5.95. The number of benzene rings is 2. The number of carbonyl (C=O) groups excluding carboxylic acids is 1. The Balaban J connectivity index is 1.83. The molecule has 3 rings (SSSR count). The fourth-order valence-electron chi connectivity index (χ4n) is 2.97. The maximum Gasteiger partial charge on any atom is 0.254 e. The average Bonchev–Trinajstić information content (AvgIpc) is 3.51. The minimum absolute atomic E-state index is 0.108. The van der Waals surface area contributed by atoms with Crippen molar-refractivity contribution in [3.05, 3.63) is 59.4 Å². The smallest absolute Gasteiger partial charge is 0.254 e. The molecular weight excluding hydrogens is 345 g/mol. The molecule has 5 heteroatoms. The molecule has 0 heterocycles. The van der Waals surface area contributed by atoms with Crippen LogP contribution in [-0.2, 0) is 6.54 Å². The summed E-state index contributed by atoms with van der Waals surface area (Å²) < 4.78 is 25.4. The first kappa shape index (κ1) is 19.2. The zero-order chi connectivity index (χ0) is 19.2. The first-order valence-electron chi connectivity index (χ1n) is 9.58. The second kappa shape index (κ2) is 8.89. The molecule has 0 radical (unpaired) electrons. The third kappa shape index (κ3) is 4.79. The lowest BCUT2D eigenvalue weighted by molar-refractivity contribution is 0.0727. The van der Waals surface area contributed by atoms with Crippen molar-refractivity contribution in [2.45, 2.75) is 45.7 Å². The molecule has 0 unspecified atom stereocenters. The molecule has 2 aromatic rings. The van der Waals surface area contributed by atoms with Crippen molar-refractivity contribution in [3.63, 3.8) is 0 Å². The number of hydrogen-bond donors (Lipinski definition) is 0. The van der Waals surface area contributed by atoms with Gasteiger partial charge in [-0.1, -0.05) is 25.1 Å². The molecule has 1 fully saturated rings. The quantitative estimate of drug-likeness (QED) is 0.634. The highest BCUT2D eigenvalue weighted by atomic mass is 19.1. The summed E-state index contributed by atoms with van der Waals surface area (Å²) in [4.78, 5) is 14.9. The Morgan fingerprint density at radius 3 is 2.56 bits per heavy atom. The van der Waals surface area contributed by atoms with Gasteiger partial charge in [0.1, 0.15) is 5.82 Å². The Morgan fingerprint density at radius 1 is 1.11 bits per heavy atom. The summed E-state index contributed by atoms with van der Waals surface area (Å²) in [5.41, 5.74) is 1.07. The van der Waals surface area contributed by atoms with Crippen LogP contribution in [0.15, 0.2) is 42.5 Å². The summed E-state index contributed by atoms with van der Waals surface area (Å²) in [5.74, 6) is 0.818. The fraction of sp³-hybridized carbons (Fsp3) is 0.409. The Bertz CT molecular complexity index is 789. The maximum atomic E-state index is 14.1. The van der Waals surface area contributed by atoms with Crippen LogP contribution in [0.2, 0.25) is 0 Å². The number of halogens is 1. The fourth-order valence-corrected chi connectivity index (χ4v) is 2.97. The maximum absolute atomic E-state index is 14.1. The van der Waals surface area contributed by atoms with Crippen LogP contribution in [0, 0.1) is 5.82 Å². The van der Waals surface area contributed by atoms with Gasteiger partial charge in [-0.25, -0.2) is 4.39 Å². The van der Waals surface area contributed by atoms with Gasteiger partial charge in [-0.05, 0) is 50.5 Å². The topological polar surface area (TPSA) is 38.8 Å². The first-order valence-corrected chi connectivity index (χ1v) is 9.58. The summed E-state index contributed by atoms with van der Waals surface area (Å²) in [6.07, 6.45) is 2.80. The zero-order valence-corrected chi connectivity index (χ0v) is 15.9. The Labute approximate surface area is 159 Å². The number of ether oxygens (including phenoxy) is 2. The van der Waals surface area contributed by atoms with Crippen LogP contribution in [0.4, 0.5) is 4.39 Å². The van der Waals surface area contributed by atoms with Gasteiger partial charge in [0.25, 0.3) is 5.91 Å². The molecule has 0 aromatic heterocycles. The lowest BCUT2D eigenvalue weighted by Gasteiger charge is -2.23. The SMILES string of the molecule is CCCOc1ccc(C(=O)N(Cc2ccccc2F)C2CC2)cc1OCC. The summed E-state index contributed by atoms with van der Waals surface area (Å²) in [7, 11) is 0. The van der Waals surface area contributed by atoms with E-state index < -0.39 is 0 Å². The summed E-state index contributed by atoms with van der Waals surface area (Å²) in [6, 6.07) is 12.0. The Kier molecular flexibility index (Phi) is 6.32. The predicted molar refractivity (Wildman–Crippen MR) is 103 cm³/mol. The van der Waals surface area contributed by atoms with E-state index in [4.69, 9.17) is 9.47 Å². The van der Waals surface area contributed by atoms with Gasteiger partial charge in [0.05, 0.1) is 13.2 Å². The second-order valence-electron chi connectivity index (χ2n) is 6.70. The normalized spacial score (nSPS) is 13.3. The predicted octanol–water partition coefficient (Wildman–Crippen LogP) is 4.82. The van der Waals surface area contributed by atoms with Crippen molar-refractivity contribution in [1.82, 2.24) is 4.90 Å². The molecule has 1 saturated carbocycles. The average molecular weight is 371 g/mol. The van der Waals surface area contributed by atoms with Crippen molar-refractivity contribution >= 4 is 5.91 Å². The van der Waals surface area contributed by atoms with E-state index >= 15 is 0 Å². The number of rotatable bonds is 9. The minimum Gasteiger partial charge on any atom is -0.490 e. The van der Waals surface area contributed by atoms with E-state index in [1.54, 1.807) is 41.3 Å². The number of nitrogens with zero attached hydrogens (tertiary/aromatic N) is 1. The van der Waals surface area contributed by atoms with Crippen LogP contribution in [0.1, 0.15) is 49.0 Å². The second-order valence-corrected chi connectivity index (χ2v) is 6.70. The molecule has 0 aliphatic heterocycles. The molecule has 0 atom stereocenters. The van der Waals surface area contributed by atoms with E-state index in [9.17, 15) is 9.18 Å². The highest BCUT2D eigenvalue weighted by Crippen LogP contribution is 2.33. The lowest BCUT2D eigenvalue weighted by Crippen LogP contribution is -2.33. The molecule has 1 aliphatic carbocycles. The number of amides is 1. The van der Waals surface area contributed by atoms with Crippen molar-refractivity contribution < 1.29 is 18.7 Å². The monoisotopic (exact) mass is 371 g/mol. The van der Waals surface area contributed by atoms with Crippen molar-refractivity contribution in [2.75, 3.05) is 13.2 Å². The Hall–Kier alpha value is -2.56. The van der Waals surface area contributed by atoms with E-state index in [2.05, 4.69) is 0 Å². The lowest BCUT2D eigenvalue weighted by atomic mass is 10.1. The van der Waals surface area contributed by atoms with Gasteiger partial charge in [-0.3, -0.25) is 4.79 Å². The highest BCUT2D eigenvalue weighted by Gasteiger charge is 2.33. The largest absolute Gasteiger partial charge is 0.490 e. The zero-order valence-electron chi connectivity index (χ0n) is 15.9. The van der Waals surface area contributed by atoms with E-state index in [0.717, 1.165) is 19.3 Å². The Morgan fingerprint density at radius 2 is 1.89 bits per heavy atom. The van der Waals surface area contributed by atoms with E-state index in [1.807, 2.05) is 13.8 Å². The standard InChI is InChI=1S/C22H26FNO3/c1-3-13-27-20-12-9-16(14-21(20)26-4-2)22(25)24(18-10-11-18)15-17-7-5-6-8-19(17)23/h5-9,12,14,18H,3-4,10-11,13,15H2,1-2H3. The van der Waals surface area contributed by atoms with Crippen molar-refractivity contribution in [2.24, 2.45) is 0 Å². The third-order valence-electron chi connectivity index (χ3n) is 4.50. The van der Waals surface area contributed by atoms with Crippen molar-refractivity contribution in [1.29, 1.82) is 0 Å². The van der Waals surface area contributed by atoms with Gasteiger partial charge in [0.2, 0.25) is 0 Å². The van der Waals surface area contributed by atoms with Gasteiger partial charge in [-0.2, -0.15) is 0 Å². The van der Waals surface area contributed by atoms with Gasteiger partial charge >= 0.3 is 0 Å². The van der Waals surface area contributed by atoms with E-state index in [1.165, 1.54) is 6.07 Å². The molecule has 1 aliphatic rings. The summed E-state index contributed by atoms with van der Waals surface area (Å²) in [5, 5.41) is 0. The molecule has 0 saturated heterocycles. The minimum atomic E-state index is -0.283. The van der Waals surface area contributed by atoms with Crippen LogP contribution < -0.4 is 9.47 Å². The molecular formula is C22H26FNO3. The summed E-state index contributed by atoms with van der Waals surface area (Å²) in [6.45, 7) is 5.28. The number of hydrogen-bond acceptors (Lipinski definition) is 3. The molecule has 27 heavy (non-hydrogen) atoms. The van der Waals surface area contributed by atoms with Crippen LogP contribution in [0.25, 0.3) is 0 Å². The van der Waals surface area contributed by atoms with Crippen molar-refractivity contribution in [3.8, 4) is 11.5 Å². The van der Waals surface area contributed by atoms with Crippen LogP contribution in [0.5, 0.6) is 11.5 Å². The molecule has 2 aromatic carbocycles. The molecule has 144 valence electrons. The molecule has 1 amide bonds. The molecule has 0 N–H and O–H groups in total.